The smallest absolute Gasteiger partial charge is 0.334 e. The van der Waals surface area contributed by atoms with Gasteiger partial charge in [0.25, 0.3) is 0 Å². The van der Waals surface area contributed by atoms with Crippen LogP contribution in [-0.2, 0) is 9.59 Å². The summed E-state index contributed by atoms with van der Waals surface area (Å²) in [7, 11) is 0. The highest BCUT2D eigenvalue weighted by atomic mass is 32.1. The van der Waals surface area contributed by atoms with Crippen molar-refractivity contribution in [2.45, 2.75) is 44.9 Å². The Morgan fingerprint density at radius 3 is 2.18 bits per heavy atom. The van der Waals surface area contributed by atoms with Gasteiger partial charge in [-0.15, -0.1) is 0 Å². The van der Waals surface area contributed by atoms with Gasteiger partial charge in [-0.2, -0.15) is 0 Å². The molecule has 39 heavy (non-hydrogen) atoms. The van der Waals surface area contributed by atoms with Crippen molar-refractivity contribution in [1.29, 1.82) is 0 Å². The number of benzene rings is 2. The monoisotopic (exact) mass is 548 g/mol. The van der Waals surface area contributed by atoms with Gasteiger partial charge in [-0.3, -0.25) is 0 Å². The maximum absolute atomic E-state index is 12.1. The van der Waals surface area contributed by atoms with Crippen LogP contribution in [0.3, 0.4) is 0 Å². The van der Waals surface area contributed by atoms with Gasteiger partial charge in [0, 0.05) is 23.6 Å². The zero-order valence-corrected chi connectivity index (χ0v) is 23.2. The van der Waals surface area contributed by atoms with E-state index in [4.69, 9.17) is 12.2 Å². The third kappa shape index (κ3) is 7.04. The Balaban J connectivity index is 1.29. The molecule has 0 atom stereocenters. The second kappa shape index (κ2) is 12.9. The van der Waals surface area contributed by atoms with Gasteiger partial charge in [0.05, 0.1) is 17.1 Å². The van der Waals surface area contributed by atoms with Crippen LogP contribution in [0.1, 0.15) is 56.1 Å². The molecule has 0 amide bonds. The number of nitrogens with one attached hydrogen (secondary N) is 3. The fourth-order valence-corrected chi connectivity index (χ4v) is 5.81. The fourth-order valence-electron chi connectivity index (χ4n) is 5.59. The van der Waals surface area contributed by atoms with Crippen LogP contribution in [0.4, 0.5) is 5.69 Å². The van der Waals surface area contributed by atoms with E-state index in [9.17, 15) is 19.8 Å². The lowest BCUT2D eigenvalue weighted by Crippen LogP contribution is -2.36. The van der Waals surface area contributed by atoms with Gasteiger partial charge in [0.1, 0.15) is 0 Å². The summed E-state index contributed by atoms with van der Waals surface area (Å²) in [5, 5.41) is 29.5. The first-order chi connectivity index (χ1) is 18.7. The molecule has 0 radical (unpaired) electrons. The van der Waals surface area contributed by atoms with E-state index in [0.717, 1.165) is 32.6 Å². The quantitative estimate of drug-likeness (QED) is 0.226. The van der Waals surface area contributed by atoms with Crippen molar-refractivity contribution in [2.75, 3.05) is 31.5 Å². The molecule has 2 aliphatic rings. The second-order valence-corrected chi connectivity index (χ2v) is 10.5. The number of piperidine rings is 1. The van der Waals surface area contributed by atoms with Gasteiger partial charge in [-0.05, 0) is 94.1 Å². The maximum Gasteiger partial charge on any atom is 0.334 e. The molecule has 9 heteroatoms. The molecule has 0 spiro atoms. The molecule has 0 bridgehead atoms. The van der Waals surface area contributed by atoms with E-state index in [2.05, 4.69) is 51.2 Å². The largest absolute Gasteiger partial charge is 0.478 e. The number of nitrogens with zero attached hydrogens (tertiary/aromatic N) is 1. The van der Waals surface area contributed by atoms with Gasteiger partial charge in [-0.1, -0.05) is 42.5 Å². The first-order valence-electron chi connectivity index (χ1n) is 13.3. The highest BCUT2D eigenvalue weighted by Crippen LogP contribution is 2.39. The number of carboxylic acid groups (broad SMARTS) is 2. The molecular formula is C30H36N4O4S. The van der Waals surface area contributed by atoms with Crippen LogP contribution in [0.15, 0.2) is 77.1 Å². The zero-order valence-electron chi connectivity index (χ0n) is 22.4. The van der Waals surface area contributed by atoms with Crippen LogP contribution < -0.4 is 16.0 Å². The van der Waals surface area contributed by atoms with Crippen molar-refractivity contribution in [3.8, 4) is 0 Å². The molecule has 0 aromatic heterocycles. The van der Waals surface area contributed by atoms with E-state index in [-0.39, 0.29) is 11.1 Å². The number of aliphatic carboxylic acids is 2. The minimum atomic E-state index is -1.16. The number of allylic oxidation sites excluding steroid dienone is 2. The third-order valence-electron chi connectivity index (χ3n) is 7.49. The predicted octanol–water partition coefficient (Wildman–Crippen LogP) is 4.65. The Morgan fingerprint density at radius 1 is 0.949 bits per heavy atom. The summed E-state index contributed by atoms with van der Waals surface area (Å²) in [4.78, 5) is 26.6. The van der Waals surface area contributed by atoms with E-state index >= 15 is 0 Å². The Labute approximate surface area is 234 Å². The maximum atomic E-state index is 12.1. The Bertz CT molecular complexity index is 1250. The van der Waals surface area contributed by atoms with Crippen molar-refractivity contribution in [2.24, 2.45) is 0 Å². The number of carbonyl (C=O) groups is 2. The van der Waals surface area contributed by atoms with Gasteiger partial charge >= 0.3 is 11.9 Å². The Hall–Kier alpha value is -3.69. The van der Waals surface area contributed by atoms with Gasteiger partial charge in [0.15, 0.2) is 5.11 Å². The molecule has 0 saturated carbocycles. The van der Waals surface area contributed by atoms with Gasteiger partial charge < -0.3 is 31.1 Å². The number of carboxylic acids is 2. The molecule has 1 saturated heterocycles. The first kappa shape index (κ1) is 28.3. The number of hydrogen-bond acceptors (Lipinski definition) is 5. The topological polar surface area (TPSA) is 114 Å². The van der Waals surface area contributed by atoms with Crippen LogP contribution in [0.2, 0.25) is 0 Å². The number of rotatable bonds is 9. The average molecular weight is 549 g/mol. The highest BCUT2D eigenvalue weighted by molar-refractivity contribution is 7.80. The van der Waals surface area contributed by atoms with Crippen LogP contribution >= 0.6 is 12.2 Å². The molecule has 8 nitrogen and oxygen atoms in total. The molecule has 0 aliphatic carbocycles. The molecule has 5 N–H and O–H groups in total. The summed E-state index contributed by atoms with van der Waals surface area (Å²) in [6, 6.07) is 17.8. The molecule has 1 fully saturated rings. The van der Waals surface area contributed by atoms with Gasteiger partial charge in [0.2, 0.25) is 0 Å². The lowest BCUT2D eigenvalue weighted by molar-refractivity contribution is -0.133. The van der Waals surface area contributed by atoms with Crippen LogP contribution in [0, 0.1) is 0 Å². The van der Waals surface area contributed by atoms with E-state index in [0.29, 0.717) is 33.7 Å². The number of thiocarbonyl (C=S) groups is 1. The SMILES string of the molecule is CC1=C(C(=O)O)C(c2cccc(NC(=S)NCCCN3CCC(c4ccccc4)CC3)c2)C(C(=O)O)=C(C)N1. The molecule has 4 rings (SSSR count). The molecule has 0 unspecified atom stereocenters. The van der Waals surface area contributed by atoms with E-state index in [1.165, 1.54) is 18.4 Å². The summed E-state index contributed by atoms with van der Waals surface area (Å²) in [6.07, 6.45) is 3.33. The minimum absolute atomic E-state index is 0.0173. The molecular weight excluding hydrogens is 512 g/mol. The first-order valence-corrected chi connectivity index (χ1v) is 13.7. The summed E-state index contributed by atoms with van der Waals surface area (Å²) >= 11 is 5.49. The number of dihydropyridines is 1. The minimum Gasteiger partial charge on any atom is -0.478 e. The van der Waals surface area contributed by atoms with Crippen LogP contribution in [0.25, 0.3) is 0 Å². The van der Waals surface area contributed by atoms with Crippen molar-refractivity contribution >= 4 is 35.0 Å². The summed E-state index contributed by atoms with van der Waals surface area (Å²) in [5.74, 6) is -2.57. The van der Waals surface area contributed by atoms with E-state index in [1.807, 2.05) is 6.07 Å². The van der Waals surface area contributed by atoms with Crippen molar-refractivity contribution < 1.29 is 19.8 Å². The fraction of sp³-hybridized carbons (Fsp3) is 0.367. The van der Waals surface area contributed by atoms with Crippen LogP contribution in [-0.4, -0.2) is 58.3 Å². The lowest BCUT2D eigenvalue weighted by Gasteiger charge is -2.32. The Morgan fingerprint density at radius 2 is 1.56 bits per heavy atom. The molecule has 2 aromatic rings. The van der Waals surface area contributed by atoms with Crippen molar-refractivity contribution in [1.82, 2.24) is 15.5 Å². The number of anilines is 1. The van der Waals surface area contributed by atoms with E-state index < -0.39 is 17.9 Å². The molecule has 2 aliphatic heterocycles. The molecule has 2 aromatic carbocycles. The molecule has 206 valence electrons. The number of hydrogen-bond donors (Lipinski definition) is 5. The van der Waals surface area contributed by atoms with E-state index in [1.54, 1.807) is 32.0 Å². The Kier molecular flexibility index (Phi) is 9.37. The average Bonchev–Trinajstić information content (AvgIpc) is 2.91. The predicted molar refractivity (Wildman–Crippen MR) is 157 cm³/mol. The summed E-state index contributed by atoms with van der Waals surface area (Å²) in [6.45, 7) is 7.23. The summed E-state index contributed by atoms with van der Waals surface area (Å²) in [5.41, 5.74) is 3.56. The summed E-state index contributed by atoms with van der Waals surface area (Å²) < 4.78 is 0. The highest BCUT2D eigenvalue weighted by Gasteiger charge is 2.36. The van der Waals surface area contributed by atoms with Crippen LogP contribution in [0.5, 0.6) is 0 Å². The third-order valence-corrected chi connectivity index (χ3v) is 7.74. The van der Waals surface area contributed by atoms with Gasteiger partial charge in [-0.25, -0.2) is 9.59 Å². The number of likely N-dealkylation sites (tertiary alicyclic amines) is 1. The lowest BCUT2D eigenvalue weighted by atomic mass is 9.80. The molecule has 2 heterocycles. The van der Waals surface area contributed by atoms with Crippen molar-refractivity contribution in [3.05, 3.63) is 88.3 Å². The zero-order chi connectivity index (χ0) is 27.9. The second-order valence-electron chi connectivity index (χ2n) is 10.1. The normalized spacial score (nSPS) is 17.1. The standard InChI is InChI=1S/C30H36N4O4S/c1-19-25(28(35)36)27(26(29(37)38)20(2)32-19)23-10-6-11-24(18-23)33-30(39)31-14-7-15-34-16-12-22(13-17-34)21-8-4-3-5-9-21/h3-6,8-11,18,22,27,32H,7,12-17H2,1-2H3,(H,35,36)(H,37,38)(H2,31,33,39). The van der Waals surface area contributed by atoms with Crippen molar-refractivity contribution in [3.63, 3.8) is 0 Å².